The Balaban J connectivity index is 2.49. The number of rotatable bonds is 6. The third-order valence-electron chi connectivity index (χ3n) is 3.57. The molecule has 1 N–H and O–H groups in total. The summed E-state index contributed by atoms with van der Waals surface area (Å²) in [5, 5.41) is 4.23. The minimum Gasteiger partial charge on any atom is -0.311 e. The normalized spacial score (nSPS) is 13.7. The molecule has 0 amide bonds. The number of aryl methyl sites for hydroxylation is 2. The maximum atomic E-state index is 3.63. The van der Waals surface area contributed by atoms with Gasteiger partial charge in [-0.05, 0) is 57.4 Å². The predicted octanol–water partition coefficient (Wildman–Crippen LogP) is 4.56. The molecule has 0 radical (unpaired) electrons. The molecule has 1 unspecified atom stereocenters. The molecule has 0 heterocycles. The fraction of sp³-hybridized carbons (Fsp3) is 0.625. The van der Waals surface area contributed by atoms with E-state index in [0.717, 1.165) is 13.0 Å². The Morgan fingerprint density at radius 1 is 1.22 bits per heavy atom. The molecule has 1 aromatic rings. The topological polar surface area (TPSA) is 12.0 Å². The van der Waals surface area contributed by atoms with Crippen molar-refractivity contribution in [2.75, 3.05) is 6.54 Å². The molecule has 0 saturated carbocycles. The van der Waals surface area contributed by atoms with Gasteiger partial charge in [0.1, 0.15) is 0 Å². The summed E-state index contributed by atoms with van der Waals surface area (Å²) in [6.45, 7) is 14.5. The second-order valence-electron chi connectivity index (χ2n) is 5.79. The van der Waals surface area contributed by atoms with E-state index in [1.165, 1.54) is 16.0 Å². The van der Waals surface area contributed by atoms with E-state index in [2.05, 4.69) is 65.1 Å². The summed E-state index contributed by atoms with van der Waals surface area (Å²) in [5.74, 6) is 0. The van der Waals surface area contributed by atoms with Gasteiger partial charge in [-0.25, -0.2) is 0 Å². The molecule has 1 aromatic carbocycles. The summed E-state index contributed by atoms with van der Waals surface area (Å²) < 4.78 is 0. The molecule has 1 rings (SSSR count). The summed E-state index contributed by atoms with van der Waals surface area (Å²) in [7, 11) is 0. The van der Waals surface area contributed by atoms with Gasteiger partial charge in [0.05, 0.1) is 0 Å². The molecule has 0 bridgehead atoms. The lowest BCUT2D eigenvalue weighted by molar-refractivity contribution is 0.379. The first-order valence-corrected chi connectivity index (χ1v) is 7.71. The van der Waals surface area contributed by atoms with E-state index < -0.39 is 0 Å². The lowest BCUT2D eigenvalue weighted by Crippen LogP contribution is -2.41. The zero-order valence-electron chi connectivity index (χ0n) is 12.6. The lowest BCUT2D eigenvalue weighted by Gasteiger charge is -2.26. The van der Waals surface area contributed by atoms with Gasteiger partial charge in [-0.15, -0.1) is 11.8 Å². The second kappa shape index (κ2) is 6.63. The van der Waals surface area contributed by atoms with Crippen LogP contribution in [0.15, 0.2) is 23.1 Å². The molecule has 0 aliphatic heterocycles. The van der Waals surface area contributed by atoms with Crippen LogP contribution >= 0.6 is 11.8 Å². The Morgan fingerprint density at radius 3 is 2.44 bits per heavy atom. The molecule has 1 atom stereocenters. The lowest BCUT2D eigenvalue weighted by atomic mass is 10.0. The first-order valence-electron chi connectivity index (χ1n) is 6.83. The summed E-state index contributed by atoms with van der Waals surface area (Å²) in [6, 6.07) is 6.74. The molecule has 0 saturated heterocycles. The largest absolute Gasteiger partial charge is 0.311 e. The smallest absolute Gasteiger partial charge is 0.0191 e. The van der Waals surface area contributed by atoms with Crippen LogP contribution in [0.4, 0.5) is 0 Å². The zero-order valence-corrected chi connectivity index (χ0v) is 13.4. The molecule has 1 nitrogen and oxygen atoms in total. The molecule has 18 heavy (non-hydrogen) atoms. The van der Waals surface area contributed by atoms with E-state index in [4.69, 9.17) is 0 Å². The van der Waals surface area contributed by atoms with E-state index in [0.29, 0.717) is 5.25 Å². The summed E-state index contributed by atoms with van der Waals surface area (Å²) in [6.07, 6.45) is 1.16. The van der Waals surface area contributed by atoms with Gasteiger partial charge in [-0.1, -0.05) is 19.9 Å². The van der Waals surface area contributed by atoms with Crippen LogP contribution in [0.1, 0.15) is 45.2 Å². The Morgan fingerprint density at radius 2 is 1.89 bits per heavy atom. The Bertz CT molecular complexity index is 385. The fourth-order valence-electron chi connectivity index (χ4n) is 1.61. The third-order valence-corrected chi connectivity index (χ3v) is 4.66. The monoisotopic (exact) mass is 265 g/mol. The van der Waals surface area contributed by atoms with Gasteiger partial charge in [0.15, 0.2) is 0 Å². The van der Waals surface area contributed by atoms with Crippen molar-refractivity contribution in [1.82, 2.24) is 5.32 Å². The summed E-state index contributed by atoms with van der Waals surface area (Å²) >= 11 is 1.96. The van der Waals surface area contributed by atoms with Crippen LogP contribution in [0.25, 0.3) is 0 Å². The van der Waals surface area contributed by atoms with Crippen molar-refractivity contribution in [3.8, 4) is 0 Å². The van der Waals surface area contributed by atoms with Crippen LogP contribution in [0.3, 0.4) is 0 Å². The van der Waals surface area contributed by atoms with Crippen molar-refractivity contribution >= 4 is 11.8 Å². The van der Waals surface area contributed by atoms with Crippen LogP contribution in [0, 0.1) is 13.8 Å². The first-order chi connectivity index (χ1) is 8.34. The summed E-state index contributed by atoms with van der Waals surface area (Å²) in [5.41, 5.74) is 3.00. The molecular weight excluding hydrogens is 238 g/mol. The maximum absolute atomic E-state index is 3.63. The SMILES string of the molecule is CCC(C)(C)NCC(C)Sc1ccc(C)c(C)c1. The Labute approximate surface area is 117 Å². The van der Waals surface area contributed by atoms with Crippen LogP contribution in [-0.2, 0) is 0 Å². The van der Waals surface area contributed by atoms with Crippen molar-refractivity contribution in [2.45, 2.75) is 63.6 Å². The van der Waals surface area contributed by atoms with Gasteiger partial charge in [-0.2, -0.15) is 0 Å². The first kappa shape index (κ1) is 15.6. The average Bonchev–Trinajstić information content (AvgIpc) is 2.32. The van der Waals surface area contributed by atoms with Gasteiger partial charge in [0.25, 0.3) is 0 Å². The molecule has 0 aromatic heterocycles. The van der Waals surface area contributed by atoms with Crippen LogP contribution in [0.5, 0.6) is 0 Å². The Hall–Kier alpha value is -0.470. The number of hydrogen-bond donors (Lipinski definition) is 1. The van der Waals surface area contributed by atoms with Crippen LogP contribution < -0.4 is 5.32 Å². The highest BCUT2D eigenvalue weighted by molar-refractivity contribution is 8.00. The highest BCUT2D eigenvalue weighted by Crippen LogP contribution is 2.25. The highest BCUT2D eigenvalue weighted by Gasteiger charge is 2.15. The van der Waals surface area contributed by atoms with Gasteiger partial charge in [0, 0.05) is 22.2 Å². The van der Waals surface area contributed by atoms with Gasteiger partial charge >= 0.3 is 0 Å². The minimum absolute atomic E-state index is 0.248. The average molecular weight is 265 g/mol. The maximum Gasteiger partial charge on any atom is 0.0191 e. The molecule has 2 heteroatoms. The third kappa shape index (κ3) is 5.03. The predicted molar refractivity (Wildman–Crippen MR) is 83.6 cm³/mol. The van der Waals surface area contributed by atoms with Crippen molar-refractivity contribution in [1.29, 1.82) is 0 Å². The number of nitrogens with one attached hydrogen (secondary N) is 1. The van der Waals surface area contributed by atoms with Crippen LogP contribution in [0.2, 0.25) is 0 Å². The molecule has 0 spiro atoms. The van der Waals surface area contributed by atoms with E-state index >= 15 is 0 Å². The quantitative estimate of drug-likeness (QED) is 0.757. The van der Waals surface area contributed by atoms with Gasteiger partial charge < -0.3 is 5.32 Å². The van der Waals surface area contributed by atoms with Crippen molar-refractivity contribution in [2.24, 2.45) is 0 Å². The Kier molecular flexibility index (Phi) is 5.74. The van der Waals surface area contributed by atoms with E-state index in [1.54, 1.807) is 0 Å². The van der Waals surface area contributed by atoms with Gasteiger partial charge in [-0.3, -0.25) is 0 Å². The fourth-order valence-corrected chi connectivity index (χ4v) is 2.63. The standard InChI is InChI=1S/C16H27NS/c1-7-16(5,6)17-11-14(4)18-15-9-8-12(2)13(3)10-15/h8-10,14,17H,7,11H2,1-6H3. The van der Waals surface area contributed by atoms with Crippen molar-refractivity contribution in [3.63, 3.8) is 0 Å². The number of benzene rings is 1. The molecule has 0 fully saturated rings. The summed E-state index contributed by atoms with van der Waals surface area (Å²) in [4.78, 5) is 1.38. The minimum atomic E-state index is 0.248. The van der Waals surface area contributed by atoms with Crippen molar-refractivity contribution < 1.29 is 0 Å². The molecule has 102 valence electrons. The number of hydrogen-bond acceptors (Lipinski definition) is 2. The molecular formula is C16H27NS. The second-order valence-corrected chi connectivity index (χ2v) is 7.30. The van der Waals surface area contributed by atoms with E-state index in [9.17, 15) is 0 Å². The zero-order chi connectivity index (χ0) is 13.8. The molecule has 0 aliphatic carbocycles. The molecule has 0 aliphatic rings. The highest BCUT2D eigenvalue weighted by atomic mass is 32.2. The van der Waals surface area contributed by atoms with E-state index in [1.807, 2.05) is 11.8 Å². The van der Waals surface area contributed by atoms with Crippen molar-refractivity contribution in [3.05, 3.63) is 29.3 Å². The van der Waals surface area contributed by atoms with E-state index in [-0.39, 0.29) is 5.54 Å². The van der Waals surface area contributed by atoms with Gasteiger partial charge in [0.2, 0.25) is 0 Å². The number of thioether (sulfide) groups is 1. The van der Waals surface area contributed by atoms with Crippen LogP contribution in [-0.4, -0.2) is 17.3 Å².